The maximum absolute atomic E-state index is 6.25. The maximum atomic E-state index is 6.25. The first-order chi connectivity index (χ1) is 7.63. The lowest BCUT2D eigenvalue weighted by atomic mass is 10.1. The van der Waals surface area contributed by atoms with Crippen LogP contribution in [0.5, 0.6) is 0 Å². The lowest BCUT2D eigenvalue weighted by molar-refractivity contribution is 0.862. The summed E-state index contributed by atoms with van der Waals surface area (Å²) < 4.78 is 0. The maximum Gasteiger partial charge on any atom is 0.0476 e. The van der Waals surface area contributed by atoms with Crippen molar-refractivity contribution in [1.82, 2.24) is 0 Å². The van der Waals surface area contributed by atoms with E-state index < -0.39 is 0 Å². The second-order valence-electron chi connectivity index (χ2n) is 3.80. The molecule has 2 nitrogen and oxygen atoms in total. The van der Waals surface area contributed by atoms with E-state index in [2.05, 4.69) is 44.0 Å². The van der Waals surface area contributed by atoms with Crippen LogP contribution in [-0.2, 0) is 0 Å². The fourth-order valence-electron chi connectivity index (χ4n) is 1.86. The van der Waals surface area contributed by atoms with E-state index in [1.54, 1.807) is 0 Å². The zero-order valence-electron chi connectivity index (χ0n) is 10.6. The van der Waals surface area contributed by atoms with Crippen molar-refractivity contribution in [2.45, 2.75) is 27.7 Å². The van der Waals surface area contributed by atoms with Gasteiger partial charge in [0.15, 0.2) is 0 Å². The van der Waals surface area contributed by atoms with Gasteiger partial charge in [0, 0.05) is 36.0 Å². The van der Waals surface area contributed by atoms with Gasteiger partial charge in [0.05, 0.1) is 0 Å². The Morgan fingerprint density at radius 1 is 1.19 bits per heavy atom. The molecule has 0 aromatic heterocycles. The Kier molecular flexibility index (Phi) is 4.94. The van der Waals surface area contributed by atoms with Crippen LogP contribution in [0.1, 0.15) is 26.3 Å². The first-order valence-electron chi connectivity index (χ1n) is 5.92. The van der Waals surface area contributed by atoms with Crippen molar-refractivity contribution in [3.8, 4) is 0 Å². The van der Waals surface area contributed by atoms with Gasteiger partial charge in [-0.1, -0.05) is 11.6 Å². The van der Waals surface area contributed by atoms with Gasteiger partial charge in [-0.3, -0.25) is 0 Å². The zero-order chi connectivity index (χ0) is 12.1. The predicted octanol–water partition coefficient (Wildman–Crippen LogP) is 3.93. The smallest absolute Gasteiger partial charge is 0.0476 e. The summed E-state index contributed by atoms with van der Waals surface area (Å²) in [4.78, 5) is 2.32. The molecule has 90 valence electrons. The SMILES string of the molecule is CCNc1cc(Cl)c(C)c(N(CC)CC)c1. The molecule has 0 saturated heterocycles. The largest absolute Gasteiger partial charge is 0.385 e. The number of anilines is 2. The Bertz CT molecular complexity index is 346. The molecule has 0 spiro atoms. The Morgan fingerprint density at radius 3 is 2.31 bits per heavy atom. The number of nitrogens with one attached hydrogen (secondary N) is 1. The van der Waals surface area contributed by atoms with Crippen molar-refractivity contribution < 1.29 is 0 Å². The van der Waals surface area contributed by atoms with E-state index in [0.29, 0.717) is 0 Å². The van der Waals surface area contributed by atoms with Crippen molar-refractivity contribution >= 4 is 23.0 Å². The molecular weight excluding hydrogens is 220 g/mol. The number of hydrogen-bond donors (Lipinski definition) is 1. The van der Waals surface area contributed by atoms with E-state index in [0.717, 1.165) is 35.9 Å². The van der Waals surface area contributed by atoms with E-state index in [4.69, 9.17) is 11.6 Å². The number of halogens is 1. The molecule has 0 saturated carbocycles. The third kappa shape index (κ3) is 2.82. The minimum atomic E-state index is 0.834. The lowest BCUT2D eigenvalue weighted by Gasteiger charge is -2.24. The Labute approximate surface area is 104 Å². The monoisotopic (exact) mass is 240 g/mol. The highest BCUT2D eigenvalue weighted by Crippen LogP contribution is 2.30. The molecule has 1 rings (SSSR count). The van der Waals surface area contributed by atoms with Crippen LogP contribution in [0.2, 0.25) is 5.02 Å². The standard InChI is InChI=1S/C13H21ClN2/c1-5-15-11-8-12(14)10(4)13(9-11)16(6-2)7-3/h8-9,15H,5-7H2,1-4H3. The highest BCUT2D eigenvalue weighted by atomic mass is 35.5. The Morgan fingerprint density at radius 2 is 1.81 bits per heavy atom. The summed E-state index contributed by atoms with van der Waals surface area (Å²) in [7, 11) is 0. The van der Waals surface area contributed by atoms with E-state index in [1.165, 1.54) is 5.69 Å². The molecule has 0 atom stereocenters. The van der Waals surface area contributed by atoms with Gasteiger partial charge in [-0.15, -0.1) is 0 Å². The summed E-state index contributed by atoms with van der Waals surface area (Å²) in [6.45, 7) is 11.4. The summed E-state index contributed by atoms with van der Waals surface area (Å²) in [5.41, 5.74) is 3.49. The average molecular weight is 241 g/mol. The van der Waals surface area contributed by atoms with Crippen molar-refractivity contribution in [3.05, 3.63) is 22.7 Å². The number of rotatable bonds is 5. The van der Waals surface area contributed by atoms with Crippen molar-refractivity contribution in [2.24, 2.45) is 0 Å². The van der Waals surface area contributed by atoms with Crippen LogP contribution in [0.25, 0.3) is 0 Å². The molecule has 0 aliphatic carbocycles. The van der Waals surface area contributed by atoms with Gasteiger partial charge in [0.25, 0.3) is 0 Å². The van der Waals surface area contributed by atoms with Crippen LogP contribution in [0.3, 0.4) is 0 Å². The minimum Gasteiger partial charge on any atom is -0.385 e. The van der Waals surface area contributed by atoms with E-state index in [1.807, 2.05) is 6.07 Å². The molecule has 1 aromatic carbocycles. The fraction of sp³-hybridized carbons (Fsp3) is 0.538. The second-order valence-corrected chi connectivity index (χ2v) is 4.21. The molecule has 0 unspecified atom stereocenters. The molecule has 1 N–H and O–H groups in total. The van der Waals surface area contributed by atoms with Gasteiger partial charge in [0.2, 0.25) is 0 Å². The topological polar surface area (TPSA) is 15.3 Å². The first kappa shape index (κ1) is 13.2. The van der Waals surface area contributed by atoms with Crippen molar-refractivity contribution in [1.29, 1.82) is 0 Å². The number of hydrogen-bond acceptors (Lipinski definition) is 2. The molecule has 0 bridgehead atoms. The van der Waals surface area contributed by atoms with Crippen LogP contribution in [0.4, 0.5) is 11.4 Å². The summed E-state index contributed by atoms with van der Waals surface area (Å²) in [6.07, 6.45) is 0. The molecule has 0 aliphatic heterocycles. The van der Waals surface area contributed by atoms with Crippen LogP contribution < -0.4 is 10.2 Å². The van der Waals surface area contributed by atoms with Gasteiger partial charge >= 0.3 is 0 Å². The molecule has 1 aromatic rings. The third-order valence-corrected chi connectivity index (χ3v) is 3.19. The van der Waals surface area contributed by atoms with Gasteiger partial charge in [0.1, 0.15) is 0 Å². The summed E-state index contributed by atoms with van der Waals surface area (Å²) in [5.74, 6) is 0. The summed E-state index contributed by atoms with van der Waals surface area (Å²) in [5, 5.41) is 4.14. The second kappa shape index (κ2) is 6.00. The lowest BCUT2D eigenvalue weighted by Crippen LogP contribution is -2.23. The molecule has 0 heterocycles. The fourth-order valence-corrected chi connectivity index (χ4v) is 2.08. The van der Waals surface area contributed by atoms with Gasteiger partial charge in [-0.2, -0.15) is 0 Å². The van der Waals surface area contributed by atoms with Crippen molar-refractivity contribution in [3.63, 3.8) is 0 Å². The molecule has 0 aliphatic rings. The first-order valence-corrected chi connectivity index (χ1v) is 6.30. The highest BCUT2D eigenvalue weighted by Gasteiger charge is 2.10. The molecule has 16 heavy (non-hydrogen) atoms. The quantitative estimate of drug-likeness (QED) is 0.839. The molecule has 0 fully saturated rings. The minimum absolute atomic E-state index is 0.834. The highest BCUT2D eigenvalue weighted by molar-refractivity contribution is 6.32. The normalized spacial score (nSPS) is 10.3. The average Bonchev–Trinajstić information content (AvgIpc) is 2.27. The number of benzene rings is 1. The van der Waals surface area contributed by atoms with Gasteiger partial charge in [-0.25, -0.2) is 0 Å². The Hall–Kier alpha value is -0.890. The van der Waals surface area contributed by atoms with E-state index in [9.17, 15) is 0 Å². The molecule has 3 heteroatoms. The summed E-state index contributed by atoms with van der Waals surface area (Å²) >= 11 is 6.25. The summed E-state index contributed by atoms with van der Waals surface area (Å²) in [6, 6.07) is 4.17. The zero-order valence-corrected chi connectivity index (χ0v) is 11.4. The predicted molar refractivity (Wildman–Crippen MR) is 73.9 cm³/mol. The van der Waals surface area contributed by atoms with Crippen LogP contribution in [0.15, 0.2) is 12.1 Å². The van der Waals surface area contributed by atoms with Crippen LogP contribution >= 0.6 is 11.6 Å². The van der Waals surface area contributed by atoms with E-state index >= 15 is 0 Å². The van der Waals surface area contributed by atoms with Gasteiger partial charge < -0.3 is 10.2 Å². The Balaban J connectivity index is 3.14. The van der Waals surface area contributed by atoms with Crippen LogP contribution in [0, 0.1) is 6.92 Å². The van der Waals surface area contributed by atoms with Crippen LogP contribution in [-0.4, -0.2) is 19.6 Å². The molecule has 0 radical (unpaired) electrons. The van der Waals surface area contributed by atoms with Crippen molar-refractivity contribution in [2.75, 3.05) is 29.9 Å². The van der Waals surface area contributed by atoms with Gasteiger partial charge in [-0.05, 0) is 45.4 Å². The van der Waals surface area contributed by atoms with E-state index in [-0.39, 0.29) is 0 Å². The number of nitrogens with zero attached hydrogens (tertiary/aromatic N) is 1. The third-order valence-electron chi connectivity index (χ3n) is 2.80. The molecular formula is C13H21ClN2. The molecule has 0 amide bonds.